The maximum atomic E-state index is 14.2. The van der Waals surface area contributed by atoms with E-state index < -0.39 is 23.2 Å². The summed E-state index contributed by atoms with van der Waals surface area (Å²) in [6, 6.07) is 2.97. The van der Waals surface area contributed by atoms with Crippen LogP contribution in [-0.4, -0.2) is 35.8 Å². The van der Waals surface area contributed by atoms with E-state index in [0.29, 0.717) is 18.7 Å². The standard InChI is InChI=1S/C18H20F2N4O3/c1-18(2)7-13(17(26)22-10-6-14(25)23-21-8-10)24(9-18)12-5-4-11(19)15(20)16(12)27-3/h4-6,8,13H,7,9H2,1-3H3,(H2,22,23,25,26). The maximum absolute atomic E-state index is 14.2. The molecule has 0 spiro atoms. The van der Waals surface area contributed by atoms with Gasteiger partial charge in [0.05, 0.1) is 24.7 Å². The minimum atomic E-state index is -1.10. The average Bonchev–Trinajstić information content (AvgIpc) is 2.93. The van der Waals surface area contributed by atoms with Gasteiger partial charge < -0.3 is 15.0 Å². The van der Waals surface area contributed by atoms with Crippen molar-refractivity contribution in [3.05, 3.63) is 46.4 Å². The van der Waals surface area contributed by atoms with Gasteiger partial charge in [0.2, 0.25) is 11.7 Å². The Bertz CT molecular complexity index is 929. The lowest BCUT2D eigenvalue weighted by Gasteiger charge is -2.28. The molecule has 2 aromatic rings. The van der Waals surface area contributed by atoms with Crippen molar-refractivity contribution in [3.8, 4) is 5.75 Å². The second-order valence-corrected chi connectivity index (χ2v) is 7.25. The number of carbonyl (C=O) groups excluding carboxylic acids is 1. The van der Waals surface area contributed by atoms with E-state index in [1.54, 1.807) is 4.90 Å². The molecular formula is C18H20F2N4O3. The summed E-state index contributed by atoms with van der Waals surface area (Å²) >= 11 is 0. The van der Waals surface area contributed by atoms with Crippen LogP contribution in [0.25, 0.3) is 0 Å². The highest BCUT2D eigenvalue weighted by Gasteiger charge is 2.42. The van der Waals surface area contributed by atoms with Crippen molar-refractivity contribution >= 4 is 17.3 Å². The molecule has 7 nitrogen and oxygen atoms in total. The number of hydrogen-bond acceptors (Lipinski definition) is 5. The van der Waals surface area contributed by atoms with Gasteiger partial charge in [0.25, 0.3) is 5.56 Å². The van der Waals surface area contributed by atoms with Crippen LogP contribution in [0, 0.1) is 17.0 Å². The normalized spacial score (nSPS) is 18.4. The summed E-state index contributed by atoms with van der Waals surface area (Å²) in [6.07, 6.45) is 1.81. The van der Waals surface area contributed by atoms with E-state index in [2.05, 4.69) is 15.5 Å². The summed E-state index contributed by atoms with van der Waals surface area (Å²) in [5.74, 6) is -2.75. The van der Waals surface area contributed by atoms with E-state index in [1.807, 2.05) is 13.8 Å². The van der Waals surface area contributed by atoms with Gasteiger partial charge in [-0.3, -0.25) is 9.59 Å². The van der Waals surface area contributed by atoms with Crippen molar-refractivity contribution < 1.29 is 18.3 Å². The molecule has 1 unspecified atom stereocenters. The van der Waals surface area contributed by atoms with E-state index in [4.69, 9.17) is 4.74 Å². The van der Waals surface area contributed by atoms with Crippen LogP contribution >= 0.6 is 0 Å². The fourth-order valence-electron chi connectivity index (χ4n) is 3.37. The average molecular weight is 378 g/mol. The Morgan fingerprint density at radius 3 is 2.81 bits per heavy atom. The van der Waals surface area contributed by atoms with E-state index in [1.165, 1.54) is 25.4 Å². The first-order valence-corrected chi connectivity index (χ1v) is 8.36. The Morgan fingerprint density at radius 2 is 2.15 bits per heavy atom. The number of ether oxygens (including phenoxy) is 1. The van der Waals surface area contributed by atoms with E-state index >= 15 is 0 Å². The largest absolute Gasteiger partial charge is 0.491 e. The zero-order valence-electron chi connectivity index (χ0n) is 15.2. The molecule has 2 N–H and O–H groups in total. The Morgan fingerprint density at radius 1 is 1.41 bits per heavy atom. The van der Waals surface area contributed by atoms with Gasteiger partial charge in [-0.2, -0.15) is 9.49 Å². The lowest BCUT2D eigenvalue weighted by molar-refractivity contribution is -0.117. The molecule has 3 rings (SSSR count). The Balaban J connectivity index is 1.95. The summed E-state index contributed by atoms with van der Waals surface area (Å²) in [4.78, 5) is 25.9. The number of halogens is 2. The predicted octanol–water partition coefficient (Wildman–Crippen LogP) is 2.30. The van der Waals surface area contributed by atoms with Crippen LogP contribution in [0.4, 0.5) is 20.2 Å². The van der Waals surface area contributed by atoms with Crippen LogP contribution in [0.2, 0.25) is 0 Å². The number of carbonyl (C=O) groups is 1. The lowest BCUT2D eigenvalue weighted by Crippen LogP contribution is -2.40. The van der Waals surface area contributed by atoms with Crippen molar-refractivity contribution in [1.29, 1.82) is 0 Å². The zero-order chi connectivity index (χ0) is 19.8. The highest BCUT2D eigenvalue weighted by molar-refractivity contribution is 5.97. The first-order valence-electron chi connectivity index (χ1n) is 8.36. The van der Waals surface area contributed by atoms with Crippen molar-refractivity contribution in [3.63, 3.8) is 0 Å². The molecule has 1 fully saturated rings. The molecule has 1 atom stereocenters. The van der Waals surface area contributed by atoms with Crippen LogP contribution in [0.1, 0.15) is 20.3 Å². The van der Waals surface area contributed by atoms with E-state index in [0.717, 1.165) is 6.07 Å². The molecule has 1 amide bonds. The van der Waals surface area contributed by atoms with Crippen molar-refractivity contribution in [1.82, 2.24) is 10.2 Å². The lowest BCUT2D eigenvalue weighted by atomic mass is 9.90. The highest BCUT2D eigenvalue weighted by Crippen LogP contribution is 2.42. The number of aromatic amines is 1. The maximum Gasteiger partial charge on any atom is 0.266 e. The smallest absolute Gasteiger partial charge is 0.266 e. The van der Waals surface area contributed by atoms with Crippen molar-refractivity contribution in [2.75, 3.05) is 23.9 Å². The van der Waals surface area contributed by atoms with Crippen LogP contribution in [0.3, 0.4) is 0 Å². The fraction of sp³-hybridized carbons (Fsp3) is 0.389. The van der Waals surface area contributed by atoms with E-state index in [9.17, 15) is 18.4 Å². The molecule has 0 bridgehead atoms. The molecule has 27 heavy (non-hydrogen) atoms. The number of benzene rings is 1. The van der Waals surface area contributed by atoms with Gasteiger partial charge in [-0.15, -0.1) is 0 Å². The zero-order valence-corrected chi connectivity index (χ0v) is 15.2. The number of nitrogens with one attached hydrogen (secondary N) is 2. The topological polar surface area (TPSA) is 87.3 Å². The molecule has 0 radical (unpaired) electrons. The number of aromatic nitrogens is 2. The summed E-state index contributed by atoms with van der Waals surface area (Å²) in [6.45, 7) is 4.41. The van der Waals surface area contributed by atoms with Crippen LogP contribution in [0.5, 0.6) is 5.75 Å². The molecule has 1 aliphatic rings. The molecule has 1 aromatic carbocycles. The molecule has 1 saturated heterocycles. The molecule has 1 aromatic heterocycles. The SMILES string of the molecule is COc1c(N2CC(C)(C)CC2C(=O)Nc2cn[nH]c(=O)c2)ccc(F)c1F. The third-order valence-corrected chi connectivity index (χ3v) is 4.50. The Kier molecular flexibility index (Phi) is 4.86. The van der Waals surface area contributed by atoms with Crippen LogP contribution in [-0.2, 0) is 4.79 Å². The number of amides is 1. The van der Waals surface area contributed by atoms with Crippen LogP contribution < -0.4 is 20.5 Å². The number of anilines is 2. The van der Waals surface area contributed by atoms with Gasteiger partial charge >= 0.3 is 0 Å². The minimum absolute atomic E-state index is 0.246. The molecule has 144 valence electrons. The predicted molar refractivity (Wildman–Crippen MR) is 95.9 cm³/mol. The van der Waals surface area contributed by atoms with Crippen LogP contribution in [0.15, 0.2) is 29.2 Å². The molecule has 0 aliphatic carbocycles. The first-order chi connectivity index (χ1) is 12.7. The van der Waals surface area contributed by atoms with E-state index in [-0.39, 0.29) is 22.8 Å². The molecule has 0 saturated carbocycles. The monoisotopic (exact) mass is 378 g/mol. The second-order valence-electron chi connectivity index (χ2n) is 7.25. The summed E-state index contributed by atoms with van der Waals surface area (Å²) in [5, 5.41) is 8.52. The third kappa shape index (κ3) is 3.76. The molecule has 9 heteroatoms. The molecule has 1 aliphatic heterocycles. The number of nitrogens with zero attached hydrogens (tertiary/aromatic N) is 2. The minimum Gasteiger partial charge on any atom is -0.491 e. The third-order valence-electron chi connectivity index (χ3n) is 4.50. The Hall–Kier alpha value is -2.97. The molecule has 2 heterocycles. The second kappa shape index (κ2) is 6.98. The number of methoxy groups -OCH3 is 1. The highest BCUT2D eigenvalue weighted by atomic mass is 19.2. The number of rotatable bonds is 4. The Labute approximate surface area is 154 Å². The van der Waals surface area contributed by atoms with Crippen molar-refractivity contribution in [2.24, 2.45) is 5.41 Å². The fourth-order valence-corrected chi connectivity index (χ4v) is 3.37. The summed E-state index contributed by atoms with van der Waals surface area (Å²) in [5.41, 5.74) is -0.139. The summed E-state index contributed by atoms with van der Waals surface area (Å²) in [7, 11) is 1.25. The quantitative estimate of drug-likeness (QED) is 0.853. The van der Waals surface area contributed by atoms with Gasteiger partial charge in [0.15, 0.2) is 11.6 Å². The van der Waals surface area contributed by atoms with Gasteiger partial charge in [-0.1, -0.05) is 13.8 Å². The first kappa shape index (κ1) is 18.8. The summed E-state index contributed by atoms with van der Waals surface area (Å²) < 4.78 is 32.8. The van der Waals surface area contributed by atoms with Gasteiger partial charge in [-0.25, -0.2) is 9.49 Å². The molecular weight excluding hydrogens is 358 g/mol. The number of hydrogen-bond donors (Lipinski definition) is 2. The number of H-pyrrole nitrogens is 1. The van der Waals surface area contributed by atoms with Gasteiger partial charge in [0, 0.05) is 12.6 Å². The van der Waals surface area contributed by atoms with Gasteiger partial charge in [-0.05, 0) is 24.0 Å². The van der Waals surface area contributed by atoms with Gasteiger partial charge in [0.1, 0.15) is 6.04 Å². The van der Waals surface area contributed by atoms with Crippen molar-refractivity contribution in [2.45, 2.75) is 26.3 Å².